The van der Waals surface area contributed by atoms with E-state index in [1.54, 1.807) is 4.68 Å². The largest absolute Gasteiger partial charge is 0.434 e. The van der Waals surface area contributed by atoms with E-state index in [1.165, 1.54) is 26.1 Å². The molecule has 0 atom stereocenters. The van der Waals surface area contributed by atoms with Crippen LogP contribution in [-0.2, 0) is 22.6 Å². The van der Waals surface area contributed by atoms with Crippen molar-refractivity contribution in [2.75, 3.05) is 5.32 Å². The van der Waals surface area contributed by atoms with Crippen LogP contribution in [-0.4, -0.2) is 39.2 Å². The Labute approximate surface area is 182 Å². The summed E-state index contributed by atoms with van der Waals surface area (Å²) in [6, 6.07) is 1.19. The second-order valence-corrected chi connectivity index (χ2v) is 7.42. The average Bonchev–Trinajstić information content (AvgIpc) is 2.95. The molecule has 0 spiro atoms. The summed E-state index contributed by atoms with van der Waals surface area (Å²) in [6.45, 7) is 5.74. The first kappa shape index (κ1) is 27.0. The van der Waals surface area contributed by atoms with Gasteiger partial charge in [0.05, 0.1) is 23.4 Å². The maximum absolute atomic E-state index is 13.0. The highest BCUT2D eigenvalue weighted by molar-refractivity contribution is 5.72. The second-order valence-electron chi connectivity index (χ2n) is 7.42. The fourth-order valence-electron chi connectivity index (χ4n) is 3.28. The van der Waals surface area contributed by atoms with E-state index in [1.807, 2.05) is 20.8 Å². The quantitative estimate of drug-likeness (QED) is 0.554. The molecule has 0 aliphatic heterocycles. The number of pyridine rings is 1. The van der Waals surface area contributed by atoms with Crippen molar-refractivity contribution in [2.45, 2.75) is 72.3 Å². The molecule has 0 fully saturated rings. The first-order valence-corrected chi connectivity index (χ1v) is 9.64. The minimum absolute atomic E-state index is 0.00887. The average molecular weight is 464 g/mol. The van der Waals surface area contributed by atoms with Gasteiger partial charge in [-0.25, -0.2) is 4.98 Å². The zero-order valence-electron chi connectivity index (χ0n) is 18.3. The van der Waals surface area contributed by atoms with E-state index in [0.717, 1.165) is 11.3 Å². The number of nitrogens with zero attached hydrogens (tertiary/aromatic N) is 3. The van der Waals surface area contributed by atoms with Gasteiger partial charge in [-0.15, -0.1) is 0 Å². The Morgan fingerprint density at radius 2 is 1.81 bits per heavy atom. The van der Waals surface area contributed by atoms with E-state index in [0.29, 0.717) is 24.2 Å². The molecule has 0 saturated heterocycles. The Kier molecular flexibility index (Phi) is 9.32. The standard InChI is InChI=1S/C19H25F5N4O.CO2/c1-6-13-11(3)16(28(7-2)27-13)12-9-25-15(8-14(12)29-17(20)21)26-18(4,5)10-19(22,23)24;2-1-3/h8-9,17H,6-7,10H2,1-5H3,(H,25,26);. The van der Waals surface area contributed by atoms with E-state index in [4.69, 9.17) is 9.59 Å². The van der Waals surface area contributed by atoms with E-state index < -0.39 is 24.7 Å². The summed E-state index contributed by atoms with van der Waals surface area (Å²) in [6.07, 6.45) is -3.27. The highest BCUT2D eigenvalue weighted by atomic mass is 19.4. The number of rotatable bonds is 8. The Hall–Kier alpha value is -3.01. The van der Waals surface area contributed by atoms with Crippen molar-refractivity contribution in [3.63, 3.8) is 0 Å². The Bertz CT molecular complexity index is 936. The maximum Gasteiger partial charge on any atom is 0.391 e. The lowest BCUT2D eigenvalue weighted by Gasteiger charge is -2.28. The highest BCUT2D eigenvalue weighted by Crippen LogP contribution is 2.37. The molecule has 0 aromatic carbocycles. The molecule has 7 nitrogen and oxygen atoms in total. The predicted octanol–water partition coefficient (Wildman–Crippen LogP) is 5.00. The molecule has 0 bridgehead atoms. The molecule has 2 aromatic heterocycles. The monoisotopic (exact) mass is 464 g/mol. The first-order valence-electron chi connectivity index (χ1n) is 9.64. The Morgan fingerprint density at radius 1 is 1.22 bits per heavy atom. The van der Waals surface area contributed by atoms with Gasteiger partial charge in [-0.2, -0.15) is 36.6 Å². The third-order valence-electron chi connectivity index (χ3n) is 4.37. The summed E-state index contributed by atoms with van der Waals surface area (Å²) in [5.74, 6) is -0.171. The molecule has 12 heteroatoms. The van der Waals surface area contributed by atoms with Crippen LogP contribution in [0.2, 0.25) is 0 Å². The summed E-state index contributed by atoms with van der Waals surface area (Å²) >= 11 is 0. The predicted molar refractivity (Wildman–Crippen MR) is 105 cm³/mol. The lowest BCUT2D eigenvalue weighted by molar-refractivity contribution is -0.191. The third-order valence-corrected chi connectivity index (χ3v) is 4.37. The van der Waals surface area contributed by atoms with Gasteiger partial charge in [0, 0.05) is 24.3 Å². The van der Waals surface area contributed by atoms with E-state index >= 15 is 0 Å². The van der Waals surface area contributed by atoms with Crippen molar-refractivity contribution in [1.29, 1.82) is 0 Å². The molecular formula is C20H25F5N4O3. The molecule has 0 amide bonds. The van der Waals surface area contributed by atoms with Crippen LogP contribution in [0, 0.1) is 6.92 Å². The maximum atomic E-state index is 13.0. The number of carbonyl (C=O) groups excluding carboxylic acids is 2. The minimum atomic E-state index is -4.39. The molecule has 2 rings (SSSR count). The zero-order chi connectivity index (χ0) is 24.7. The number of nitrogens with one attached hydrogen (secondary N) is 1. The normalized spacial score (nSPS) is 11.6. The topological polar surface area (TPSA) is 86.1 Å². The fraction of sp³-hybridized carbons (Fsp3) is 0.550. The molecule has 1 N–H and O–H groups in total. The SMILES string of the molecule is CCc1nn(CC)c(-c2cnc(NC(C)(C)CC(F)(F)F)cc2OC(F)F)c1C.O=C=O. The summed E-state index contributed by atoms with van der Waals surface area (Å²) < 4.78 is 70.7. The molecule has 0 radical (unpaired) electrons. The Balaban J connectivity index is 0.00000161. The van der Waals surface area contributed by atoms with Gasteiger partial charge in [0.15, 0.2) is 0 Å². The molecule has 0 saturated carbocycles. The van der Waals surface area contributed by atoms with Gasteiger partial charge in [-0.05, 0) is 39.7 Å². The lowest BCUT2D eigenvalue weighted by atomic mass is 10.00. The molecule has 0 aliphatic carbocycles. The number of aromatic nitrogens is 3. The number of alkyl halides is 5. The Morgan fingerprint density at radius 3 is 2.28 bits per heavy atom. The number of anilines is 1. The molecule has 0 aliphatic rings. The number of hydrogen-bond donors (Lipinski definition) is 1. The van der Waals surface area contributed by atoms with Gasteiger partial charge in [0.2, 0.25) is 0 Å². The fourth-order valence-corrected chi connectivity index (χ4v) is 3.28. The van der Waals surface area contributed by atoms with Crippen LogP contribution in [0.1, 0.15) is 45.4 Å². The summed E-state index contributed by atoms with van der Waals surface area (Å²) in [7, 11) is 0. The van der Waals surface area contributed by atoms with Gasteiger partial charge < -0.3 is 10.1 Å². The smallest absolute Gasteiger partial charge is 0.391 e. The van der Waals surface area contributed by atoms with Crippen molar-refractivity contribution in [2.24, 2.45) is 0 Å². The van der Waals surface area contributed by atoms with E-state index in [-0.39, 0.29) is 17.7 Å². The molecular weight excluding hydrogens is 439 g/mol. The van der Waals surface area contributed by atoms with Gasteiger partial charge >= 0.3 is 18.9 Å². The molecule has 2 aromatic rings. The molecule has 2 heterocycles. The zero-order valence-corrected chi connectivity index (χ0v) is 18.3. The van der Waals surface area contributed by atoms with Crippen LogP contribution in [0.15, 0.2) is 12.3 Å². The number of hydrogen-bond acceptors (Lipinski definition) is 6. The van der Waals surface area contributed by atoms with Gasteiger partial charge in [0.25, 0.3) is 0 Å². The van der Waals surface area contributed by atoms with Crippen molar-refractivity contribution >= 4 is 12.0 Å². The van der Waals surface area contributed by atoms with Gasteiger partial charge in [-0.1, -0.05) is 6.92 Å². The third kappa shape index (κ3) is 7.60. The molecule has 178 valence electrons. The van der Waals surface area contributed by atoms with Gasteiger partial charge in [0.1, 0.15) is 11.6 Å². The van der Waals surface area contributed by atoms with Crippen LogP contribution in [0.25, 0.3) is 11.3 Å². The minimum Gasteiger partial charge on any atom is -0.434 e. The van der Waals surface area contributed by atoms with Crippen LogP contribution in [0.3, 0.4) is 0 Å². The molecule has 32 heavy (non-hydrogen) atoms. The van der Waals surface area contributed by atoms with Crippen LogP contribution in [0.4, 0.5) is 27.8 Å². The van der Waals surface area contributed by atoms with E-state index in [9.17, 15) is 22.0 Å². The number of ether oxygens (including phenoxy) is 1. The van der Waals surface area contributed by atoms with Crippen molar-refractivity contribution in [3.8, 4) is 17.0 Å². The van der Waals surface area contributed by atoms with Crippen molar-refractivity contribution < 1.29 is 36.3 Å². The first-order chi connectivity index (χ1) is 14.8. The lowest BCUT2D eigenvalue weighted by Crippen LogP contribution is -2.36. The highest BCUT2D eigenvalue weighted by Gasteiger charge is 2.36. The number of aryl methyl sites for hydroxylation is 2. The summed E-state index contributed by atoms with van der Waals surface area (Å²) in [5.41, 5.74) is 1.14. The van der Waals surface area contributed by atoms with Gasteiger partial charge in [-0.3, -0.25) is 4.68 Å². The molecule has 0 unspecified atom stereocenters. The van der Waals surface area contributed by atoms with Crippen LogP contribution >= 0.6 is 0 Å². The van der Waals surface area contributed by atoms with Crippen molar-refractivity contribution in [3.05, 3.63) is 23.5 Å². The summed E-state index contributed by atoms with van der Waals surface area (Å²) in [5, 5.41) is 7.12. The van der Waals surface area contributed by atoms with Crippen LogP contribution < -0.4 is 10.1 Å². The summed E-state index contributed by atoms with van der Waals surface area (Å²) in [4.78, 5) is 20.4. The van der Waals surface area contributed by atoms with E-state index in [2.05, 4.69) is 20.1 Å². The van der Waals surface area contributed by atoms with Crippen molar-refractivity contribution in [1.82, 2.24) is 14.8 Å². The second kappa shape index (κ2) is 11.0. The number of halogens is 5. The van der Waals surface area contributed by atoms with Crippen LogP contribution in [0.5, 0.6) is 5.75 Å².